The average molecular weight is 245 g/mol. The molecule has 0 amide bonds. The number of rotatable bonds is 4. The molecule has 0 bridgehead atoms. The molecule has 0 unspecified atom stereocenters. The summed E-state index contributed by atoms with van der Waals surface area (Å²) in [5, 5.41) is 2.64. The van der Waals surface area contributed by atoms with Gasteiger partial charge in [-0.05, 0) is 25.2 Å². The Morgan fingerprint density at radius 1 is 1.44 bits per heavy atom. The van der Waals surface area contributed by atoms with Crippen LogP contribution in [0.5, 0.6) is 0 Å². The summed E-state index contributed by atoms with van der Waals surface area (Å²) >= 11 is 0. The fourth-order valence-corrected chi connectivity index (χ4v) is 1.97. The number of ketones is 1. The van der Waals surface area contributed by atoms with Crippen molar-refractivity contribution >= 4 is 15.6 Å². The fourth-order valence-electron chi connectivity index (χ4n) is 1.24. The van der Waals surface area contributed by atoms with Gasteiger partial charge in [0.15, 0.2) is 15.6 Å². The van der Waals surface area contributed by atoms with E-state index in [1.807, 2.05) is 0 Å². The second-order valence-electron chi connectivity index (χ2n) is 3.37. The van der Waals surface area contributed by atoms with Crippen molar-refractivity contribution in [3.63, 3.8) is 0 Å². The first-order valence-corrected chi connectivity index (χ1v) is 6.43. The van der Waals surface area contributed by atoms with Crippen LogP contribution in [0.15, 0.2) is 23.1 Å². The van der Waals surface area contributed by atoms with E-state index in [2.05, 4.69) is 5.32 Å². The van der Waals surface area contributed by atoms with E-state index in [0.29, 0.717) is 0 Å². The van der Waals surface area contributed by atoms with Gasteiger partial charge in [0.25, 0.3) is 0 Å². The Hall–Kier alpha value is -1.27. The minimum Gasteiger partial charge on any atom is -0.313 e. The van der Waals surface area contributed by atoms with Crippen LogP contribution in [0.2, 0.25) is 0 Å². The summed E-state index contributed by atoms with van der Waals surface area (Å²) in [5.74, 6) is -1.19. The van der Waals surface area contributed by atoms with E-state index >= 15 is 0 Å². The van der Waals surface area contributed by atoms with Gasteiger partial charge in [-0.2, -0.15) is 0 Å². The number of benzene rings is 1. The normalized spacial score (nSPS) is 11.4. The molecule has 0 aliphatic carbocycles. The average Bonchev–Trinajstić information content (AvgIpc) is 2.16. The Balaban J connectivity index is 3.14. The van der Waals surface area contributed by atoms with Crippen molar-refractivity contribution in [2.75, 3.05) is 19.8 Å². The van der Waals surface area contributed by atoms with E-state index in [0.717, 1.165) is 18.4 Å². The summed E-state index contributed by atoms with van der Waals surface area (Å²) < 4.78 is 35.6. The molecule has 1 rings (SSSR count). The second-order valence-corrected chi connectivity index (χ2v) is 5.36. The molecule has 0 saturated carbocycles. The van der Waals surface area contributed by atoms with Crippen LogP contribution in [0.1, 0.15) is 10.4 Å². The number of carbonyl (C=O) groups is 1. The molecule has 1 aromatic carbocycles. The number of hydrogen-bond donors (Lipinski definition) is 1. The minimum atomic E-state index is -3.59. The molecule has 0 aliphatic rings. The van der Waals surface area contributed by atoms with Gasteiger partial charge in [0.05, 0.1) is 6.54 Å². The molecule has 4 nitrogen and oxygen atoms in total. The number of nitrogens with one attached hydrogen (secondary N) is 1. The van der Waals surface area contributed by atoms with Crippen LogP contribution in [0, 0.1) is 5.82 Å². The third kappa shape index (κ3) is 2.86. The van der Waals surface area contributed by atoms with E-state index in [4.69, 9.17) is 0 Å². The SMILES string of the molecule is CNCC(=O)c1ccc(S(C)(=O)=O)c(F)c1. The van der Waals surface area contributed by atoms with Gasteiger partial charge in [-0.25, -0.2) is 12.8 Å². The van der Waals surface area contributed by atoms with Gasteiger partial charge < -0.3 is 5.32 Å². The maximum atomic E-state index is 13.4. The smallest absolute Gasteiger partial charge is 0.178 e. The third-order valence-corrected chi connectivity index (χ3v) is 3.12. The predicted molar refractivity (Wildman–Crippen MR) is 57.8 cm³/mol. The summed E-state index contributed by atoms with van der Waals surface area (Å²) in [5.41, 5.74) is 0.152. The number of hydrogen-bond acceptors (Lipinski definition) is 4. The van der Waals surface area contributed by atoms with E-state index in [1.165, 1.54) is 6.07 Å². The molecule has 16 heavy (non-hydrogen) atoms. The monoisotopic (exact) mass is 245 g/mol. The van der Waals surface area contributed by atoms with Crippen LogP contribution in [0.3, 0.4) is 0 Å². The lowest BCUT2D eigenvalue weighted by molar-refractivity contribution is 0.0993. The van der Waals surface area contributed by atoms with Crippen LogP contribution >= 0.6 is 0 Å². The van der Waals surface area contributed by atoms with Gasteiger partial charge in [-0.1, -0.05) is 0 Å². The molecular formula is C10H12FNO3S. The summed E-state index contributed by atoms with van der Waals surface area (Å²) in [6.45, 7) is 0.0810. The molecule has 0 spiro atoms. The molecule has 1 aromatic rings. The molecule has 0 aliphatic heterocycles. The van der Waals surface area contributed by atoms with Crippen molar-refractivity contribution in [1.29, 1.82) is 0 Å². The second kappa shape index (κ2) is 4.71. The lowest BCUT2D eigenvalue weighted by Gasteiger charge is -2.03. The van der Waals surface area contributed by atoms with Crippen LogP contribution in [-0.4, -0.2) is 34.0 Å². The van der Waals surface area contributed by atoms with Crippen molar-refractivity contribution in [3.8, 4) is 0 Å². The number of likely N-dealkylation sites (N-methyl/N-ethyl adjacent to an activating group) is 1. The molecule has 6 heteroatoms. The molecule has 88 valence electrons. The molecule has 0 saturated heterocycles. The maximum absolute atomic E-state index is 13.4. The molecule has 0 atom stereocenters. The van der Waals surface area contributed by atoms with Crippen LogP contribution < -0.4 is 5.32 Å². The third-order valence-electron chi connectivity index (χ3n) is 1.99. The summed E-state index contributed by atoms with van der Waals surface area (Å²) in [7, 11) is -1.99. The molecule has 0 radical (unpaired) electrons. The summed E-state index contributed by atoms with van der Waals surface area (Å²) in [4.78, 5) is 11.0. The van der Waals surface area contributed by atoms with Crippen LogP contribution in [0.4, 0.5) is 4.39 Å². The van der Waals surface area contributed by atoms with Crippen LogP contribution in [0.25, 0.3) is 0 Å². The number of halogens is 1. The number of Topliss-reactive ketones (excluding diaryl/α,β-unsaturated/α-hetero) is 1. The highest BCUT2D eigenvalue weighted by Crippen LogP contribution is 2.16. The summed E-state index contributed by atoms with van der Waals surface area (Å²) in [6, 6.07) is 3.35. The highest BCUT2D eigenvalue weighted by molar-refractivity contribution is 7.90. The first-order valence-electron chi connectivity index (χ1n) is 4.53. The Labute approximate surface area is 93.4 Å². The lowest BCUT2D eigenvalue weighted by atomic mass is 10.1. The Bertz CT molecular complexity index is 511. The fraction of sp³-hybridized carbons (Fsp3) is 0.300. The first kappa shape index (κ1) is 12.8. The van der Waals surface area contributed by atoms with Gasteiger partial charge in [-0.15, -0.1) is 0 Å². The van der Waals surface area contributed by atoms with Crippen LogP contribution in [-0.2, 0) is 9.84 Å². The highest BCUT2D eigenvalue weighted by atomic mass is 32.2. The van der Waals surface area contributed by atoms with E-state index < -0.39 is 20.5 Å². The van der Waals surface area contributed by atoms with Gasteiger partial charge in [0, 0.05) is 11.8 Å². The van der Waals surface area contributed by atoms with Gasteiger partial charge in [0.1, 0.15) is 10.7 Å². The van der Waals surface area contributed by atoms with E-state index in [9.17, 15) is 17.6 Å². The van der Waals surface area contributed by atoms with Crippen molar-refractivity contribution in [2.45, 2.75) is 4.90 Å². The topological polar surface area (TPSA) is 63.2 Å². The Morgan fingerprint density at radius 2 is 2.06 bits per heavy atom. The number of sulfone groups is 1. The largest absolute Gasteiger partial charge is 0.313 e. The van der Waals surface area contributed by atoms with Crippen molar-refractivity contribution in [2.24, 2.45) is 0 Å². The highest BCUT2D eigenvalue weighted by Gasteiger charge is 2.15. The molecule has 0 aromatic heterocycles. The van der Waals surface area contributed by atoms with Gasteiger partial charge in [0.2, 0.25) is 0 Å². The van der Waals surface area contributed by atoms with Crippen molar-refractivity contribution in [3.05, 3.63) is 29.6 Å². The van der Waals surface area contributed by atoms with Crippen molar-refractivity contribution in [1.82, 2.24) is 5.32 Å². The van der Waals surface area contributed by atoms with E-state index in [-0.39, 0.29) is 17.9 Å². The Kier molecular flexibility index (Phi) is 3.77. The van der Waals surface area contributed by atoms with E-state index in [1.54, 1.807) is 7.05 Å². The number of carbonyl (C=O) groups excluding carboxylic acids is 1. The summed E-state index contributed by atoms with van der Waals surface area (Å²) in [6.07, 6.45) is 0.917. The lowest BCUT2D eigenvalue weighted by Crippen LogP contribution is -2.18. The van der Waals surface area contributed by atoms with Gasteiger partial charge >= 0.3 is 0 Å². The molecule has 0 fully saturated rings. The first-order chi connectivity index (χ1) is 7.36. The zero-order chi connectivity index (χ0) is 12.3. The zero-order valence-corrected chi connectivity index (χ0v) is 9.77. The standard InChI is InChI=1S/C10H12FNO3S/c1-12-6-9(13)7-3-4-10(8(11)5-7)16(2,14)15/h3-5,12H,6H2,1-2H3. The van der Waals surface area contributed by atoms with Gasteiger partial charge in [-0.3, -0.25) is 4.79 Å². The quantitative estimate of drug-likeness (QED) is 0.790. The zero-order valence-electron chi connectivity index (χ0n) is 8.95. The molecular weight excluding hydrogens is 233 g/mol. The minimum absolute atomic E-state index is 0.0810. The maximum Gasteiger partial charge on any atom is 0.178 e. The molecule has 0 heterocycles. The molecule has 1 N–H and O–H groups in total. The Morgan fingerprint density at radius 3 is 2.50 bits per heavy atom. The van der Waals surface area contributed by atoms with Crippen molar-refractivity contribution < 1.29 is 17.6 Å². The predicted octanol–water partition coefficient (Wildman–Crippen LogP) is 0.631.